The molecule has 2 rings (SSSR count). The third-order valence-corrected chi connectivity index (χ3v) is 4.22. The molecule has 0 bridgehead atoms. The molecule has 2 aromatic rings. The average molecular weight is 340 g/mol. The first-order chi connectivity index (χ1) is 10.8. The molecule has 0 heterocycles. The summed E-state index contributed by atoms with van der Waals surface area (Å²) in [4.78, 5) is 11.2. The maximum absolute atomic E-state index is 13.2. The van der Waals surface area contributed by atoms with Crippen molar-refractivity contribution in [3.8, 4) is 0 Å². The summed E-state index contributed by atoms with van der Waals surface area (Å²) in [6, 6.07) is 7.76. The number of nitrogens with one attached hydrogen (secondary N) is 2. The molecule has 23 heavy (non-hydrogen) atoms. The van der Waals surface area contributed by atoms with Crippen LogP contribution in [0.2, 0.25) is 0 Å². The second-order valence-electron chi connectivity index (χ2n) is 4.65. The second-order valence-corrected chi connectivity index (χ2v) is 6.33. The summed E-state index contributed by atoms with van der Waals surface area (Å²) < 4.78 is 52.9. The van der Waals surface area contributed by atoms with Gasteiger partial charge in [0.15, 0.2) is 0 Å². The van der Waals surface area contributed by atoms with E-state index >= 15 is 0 Å². The molecule has 0 aromatic heterocycles. The predicted molar refractivity (Wildman–Crippen MR) is 81.6 cm³/mol. The highest BCUT2D eigenvalue weighted by Gasteiger charge is 2.17. The van der Waals surface area contributed by atoms with Gasteiger partial charge < -0.3 is 5.32 Å². The Morgan fingerprint density at radius 2 is 1.74 bits per heavy atom. The Hall–Kier alpha value is -2.48. The molecule has 0 atom stereocenters. The summed E-state index contributed by atoms with van der Waals surface area (Å²) in [6.07, 6.45) is 0. The lowest BCUT2D eigenvalue weighted by atomic mass is 10.2. The van der Waals surface area contributed by atoms with Crippen molar-refractivity contribution in [2.24, 2.45) is 0 Å². The van der Waals surface area contributed by atoms with Gasteiger partial charge in [0.05, 0.1) is 4.90 Å². The first-order valence-corrected chi connectivity index (χ1v) is 8.17. The lowest BCUT2D eigenvalue weighted by Gasteiger charge is -2.10. The molecule has 0 saturated carbocycles. The van der Waals surface area contributed by atoms with Crippen molar-refractivity contribution in [2.75, 3.05) is 11.3 Å². The Balaban J connectivity index is 2.30. The van der Waals surface area contributed by atoms with Crippen molar-refractivity contribution >= 4 is 21.6 Å². The van der Waals surface area contributed by atoms with E-state index in [1.807, 2.05) is 0 Å². The van der Waals surface area contributed by atoms with E-state index in [0.29, 0.717) is 24.7 Å². The fourth-order valence-electron chi connectivity index (χ4n) is 1.88. The van der Waals surface area contributed by atoms with E-state index in [1.165, 1.54) is 24.3 Å². The Morgan fingerprint density at radius 3 is 2.35 bits per heavy atom. The molecule has 0 unspecified atom stereocenters. The smallest absolute Gasteiger partial charge is 0.262 e. The Bertz CT molecular complexity index is 818. The quantitative estimate of drug-likeness (QED) is 0.878. The molecule has 1 amide bonds. The van der Waals surface area contributed by atoms with Gasteiger partial charge in [-0.15, -0.1) is 0 Å². The van der Waals surface area contributed by atoms with Crippen LogP contribution in [0, 0.1) is 11.6 Å². The minimum atomic E-state index is -4.17. The summed E-state index contributed by atoms with van der Waals surface area (Å²) >= 11 is 0. The van der Waals surface area contributed by atoms with Crippen LogP contribution in [0.1, 0.15) is 17.3 Å². The minimum absolute atomic E-state index is 0.110. The number of rotatable bonds is 5. The highest BCUT2D eigenvalue weighted by Crippen LogP contribution is 2.19. The normalized spacial score (nSPS) is 11.1. The fraction of sp³-hybridized carbons (Fsp3) is 0.133. The number of halogens is 2. The van der Waals surface area contributed by atoms with Crippen LogP contribution in [-0.2, 0) is 10.0 Å². The number of amides is 1. The van der Waals surface area contributed by atoms with Gasteiger partial charge >= 0.3 is 0 Å². The fourth-order valence-corrected chi connectivity index (χ4v) is 2.97. The largest absolute Gasteiger partial charge is 0.352 e. The Morgan fingerprint density at radius 1 is 1.09 bits per heavy atom. The molecule has 8 heteroatoms. The standard InChI is InChI=1S/C15H14F2N2O3S/c1-2-18-15(20)10-4-3-5-13(6-10)19-23(21,22)14-8-11(16)7-12(17)9-14/h3-9,19H,2H2,1H3,(H,18,20). The molecule has 0 aliphatic heterocycles. The molecule has 2 N–H and O–H groups in total. The van der Waals surface area contributed by atoms with Crippen LogP contribution in [0.15, 0.2) is 47.4 Å². The van der Waals surface area contributed by atoms with Gasteiger partial charge in [-0.3, -0.25) is 9.52 Å². The summed E-state index contributed by atoms with van der Waals surface area (Å²) in [5, 5.41) is 2.58. The van der Waals surface area contributed by atoms with Crippen LogP contribution in [0.3, 0.4) is 0 Å². The third kappa shape index (κ3) is 4.26. The summed E-state index contributed by atoms with van der Waals surface area (Å²) in [7, 11) is -4.17. The SMILES string of the molecule is CCNC(=O)c1cccc(NS(=O)(=O)c2cc(F)cc(F)c2)c1. The zero-order chi connectivity index (χ0) is 17.0. The van der Waals surface area contributed by atoms with Crippen molar-refractivity contribution in [3.63, 3.8) is 0 Å². The van der Waals surface area contributed by atoms with Crippen LogP contribution in [0.5, 0.6) is 0 Å². The van der Waals surface area contributed by atoms with E-state index in [-0.39, 0.29) is 17.2 Å². The number of benzene rings is 2. The van der Waals surface area contributed by atoms with Gasteiger partial charge in [0.1, 0.15) is 11.6 Å². The monoisotopic (exact) mass is 340 g/mol. The van der Waals surface area contributed by atoms with E-state index in [9.17, 15) is 22.0 Å². The Labute approximate surface area is 132 Å². The minimum Gasteiger partial charge on any atom is -0.352 e. The number of carbonyl (C=O) groups is 1. The third-order valence-electron chi connectivity index (χ3n) is 2.86. The molecular formula is C15H14F2N2O3S. The molecule has 5 nitrogen and oxygen atoms in total. The molecule has 122 valence electrons. The van der Waals surface area contributed by atoms with E-state index in [4.69, 9.17) is 0 Å². The van der Waals surface area contributed by atoms with Crippen molar-refractivity contribution in [3.05, 3.63) is 59.7 Å². The first-order valence-electron chi connectivity index (χ1n) is 6.69. The van der Waals surface area contributed by atoms with Gasteiger partial charge in [0.2, 0.25) is 0 Å². The highest BCUT2D eigenvalue weighted by molar-refractivity contribution is 7.92. The van der Waals surface area contributed by atoms with Crippen molar-refractivity contribution in [1.29, 1.82) is 0 Å². The number of sulfonamides is 1. The van der Waals surface area contributed by atoms with Crippen LogP contribution < -0.4 is 10.0 Å². The topological polar surface area (TPSA) is 75.3 Å². The number of anilines is 1. The molecule has 0 saturated heterocycles. The molecule has 0 aliphatic rings. The lowest BCUT2D eigenvalue weighted by molar-refractivity contribution is 0.0956. The summed E-state index contributed by atoms with van der Waals surface area (Å²) in [5.41, 5.74) is 0.371. The zero-order valence-corrected chi connectivity index (χ0v) is 13.0. The number of hydrogen-bond acceptors (Lipinski definition) is 3. The van der Waals surface area contributed by atoms with Crippen LogP contribution >= 0.6 is 0 Å². The molecule has 0 spiro atoms. The highest BCUT2D eigenvalue weighted by atomic mass is 32.2. The van der Waals surface area contributed by atoms with Gasteiger partial charge in [-0.2, -0.15) is 0 Å². The van der Waals surface area contributed by atoms with Crippen molar-refractivity contribution < 1.29 is 22.0 Å². The van der Waals surface area contributed by atoms with E-state index in [1.54, 1.807) is 6.92 Å². The summed E-state index contributed by atoms with van der Waals surface area (Å²) in [5.74, 6) is -2.35. The van der Waals surface area contributed by atoms with E-state index in [0.717, 1.165) is 0 Å². The molecular weight excluding hydrogens is 326 g/mol. The summed E-state index contributed by atoms with van der Waals surface area (Å²) in [6.45, 7) is 2.18. The maximum Gasteiger partial charge on any atom is 0.262 e. The van der Waals surface area contributed by atoms with Crippen LogP contribution in [0.4, 0.5) is 14.5 Å². The average Bonchev–Trinajstić information content (AvgIpc) is 2.46. The van der Waals surface area contributed by atoms with Crippen molar-refractivity contribution in [2.45, 2.75) is 11.8 Å². The first kappa shape index (κ1) is 16.9. The van der Waals surface area contributed by atoms with Gasteiger partial charge in [-0.1, -0.05) is 6.07 Å². The Kier molecular flexibility index (Phi) is 4.95. The van der Waals surface area contributed by atoms with Crippen LogP contribution in [0.25, 0.3) is 0 Å². The lowest BCUT2D eigenvalue weighted by Crippen LogP contribution is -2.22. The van der Waals surface area contributed by atoms with Crippen LogP contribution in [-0.4, -0.2) is 20.9 Å². The molecule has 2 aromatic carbocycles. The maximum atomic E-state index is 13.2. The molecule has 0 radical (unpaired) electrons. The van der Waals surface area contributed by atoms with Gasteiger partial charge in [-0.05, 0) is 37.3 Å². The van der Waals surface area contributed by atoms with E-state index < -0.39 is 26.6 Å². The predicted octanol–water partition coefficient (Wildman–Crippen LogP) is 2.52. The number of hydrogen-bond donors (Lipinski definition) is 2. The zero-order valence-electron chi connectivity index (χ0n) is 12.1. The van der Waals surface area contributed by atoms with E-state index in [2.05, 4.69) is 10.0 Å². The molecule has 0 fully saturated rings. The van der Waals surface area contributed by atoms with Crippen molar-refractivity contribution in [1.82, 2.24) is 5.32 Å². The molecule has 0 aliphatic carbocycles. The number of carbonyl (C=O) groups excluding carboxylic acids is 1. The second kappa shape index (κ2) is 6.74. The van der Waals surface area contributed by atoms with Gasteiger partial charge in [-0.25, -0.2) is 17.2 Å². The van der Waals surface area contributed by atoms with Gasteiger partial charge in [0.25, 0.3) is 15.9 Å². The van der Waals surface area contributed by atoms with Gasteiger partial charge in [0, 0.05) is 23.9 Å².